The van der Waals surface area contributed by atoms with Crippen LogP contribution >= 0.6 is 0 Å². The molecule has 0 spiro atoms. The Morgan fingerprint density at radius 3 is 1.92 bits per heavy atom. The van der Waals surface area contributed by atoms with Gasteiger partial charge in [-0.1, -0.05) is 43.3 Å². The molecule has 0 amide bonds. The van der Waals surface area contributed by atoms with Crippen molar-refractivity contribution in [2.75, 3.05) is 0 Å². The molecule has 0 saturated heterocycles. The van der Waals surface area contributed by atoms with Crippen LogP contribution in [0.3, 0.4) is 0 Å². The number of esters is 1. The number of benzene rings is 3. The number of carbonyl (C=O) groups is 1. The molecule has 3 rings (SSSR count). The molecule has 0 aliphatic carbocycles. The molecule has 24 heavy (non-hydrogen) atoms. The van der Waals surface area contributed by atoms with Gasteiger partial charge in [-0.05, 0) is 59.5 Å². The highest BCUT2D eigenvalue weighted by atomic mass is 19.1. The molecule has 0 saturated carbocycles. The van der Waals surface area contributed by atoms with Crippen molar-refractivity contribution in [3.63, 3.8) is 0 Å². The third kappa shape index (κ3) is 3.69. The Bertz CT molecular complexity index is 819. The minimum absolute atomic E-state index is 0.265. The summed E-state index contributed by atoms with van der Waals surface area (Å²) < 4.78 is 18.3. The molecular weight excluding hydrogens is 303 g/mol. The van der Waals surface area contributed by atoms with Crippen molar-refractivity contribution < 1.29 is 13.9 Å². The smallest absolute Gasteiger partial charge is 0.343 e. The number of rotatable bonds is 4. The van der Waals surface area contributed by atoms with Crippen LogP contribution in [0.2, 0.25) is 0 Å². The van der Waals surface area contributed by atoms with E-state index in [1.54, 1.807) is 36.4 Å². The van der Waals surface area contributed by atoms with Crippen LogP contribution in [-0.4, -0.2) is 5.97 Å². The zero-order chi connectivity index (χ0) is 16.9. The molecule has 0 atom stereocenters. The molecule has 0 fully saturated rings. The van der Waals surface area contributed by atoms with Crippen LogP contribution in [0, 0.1) is 5.82 Å². The molecule has 3 aromatic carbocycles. The van der Waals surface area contributed by atoms with Crippen molar-refractivity contribution in [3.8, 4) is 16.9 Å². The maximum Gasteiger partial charge on any atom is 0.343 e. The van der Waals surface area contributed by atoms with Crippen LogP contribution in [-0.2, 0) is 6.42 Å². The summed E-state index contributed by atoms with van der Waals surface area (Å²) in [5.74, 6) is -0.170. The predicted molar refractivity (Wildman–Crippen MR) is 92.6 cm³/mol. The van der Waals surface area contributed by atoms with E-state index >= 15 is 0 Å². The minimum atomic E-state index is -0.382. The lowest BCUT2D eigenvalue weighted by Gasteiger charge is -2.07. The first-order chi connectivity index (χ1) is 11.7. The van der Waals surface area contributed by atoms with Crippen LogP contribution in [0.5, 0.6) is 5.75 Å². The molecule has 0 aliphatic rings. The standard InChI is InChI=1S/C21H17FO2/c1-2-15-3-5-18(6-4-15)21(23)24-20-13-9-17(10-14-20)16-7-11-19(22)12-8-16/h3-14H,2H2,1H3. The summed E-state index contributed by atoms with van der Waals surface area (Å²) in [6.45, 7) is 2.07. The third-order valence-electron chi connectivity index (χ3n) is 3.84. The largest absolute Gasteiger partial charge is 0.423 e. The van der Waals surface area contributed by atoms with Gasteiger partial charge in [0.15, 0.2) is 0 Å². The Labute approximate surface area is 140 Å². The highest BCUT2D eigenvalue weighted by Gasteiger charge is 2.08. The summed E-state index contributed by atoms with van der Waals surface area (Å²) in [6, 6.07) is 20.8. The first-order valence-electron chi connectivity index (χ1n) is 7.83. The number of ether oxygens (including phenoxy) is 1. The Balaban J connectivity index is 1.71. The molecule has 0 aromatic heterocycles. The van der Waals surface area contributed by atoms with Gasteiger partial charge in [-0.15, -0.1) is 0 Å². The summed E-state index contributed by atoms with van der Waals surface area (Å²) in [5, 5.41) is 0. The molecule has 0 heterocycles. The zero-order valence-electron chi connectivity index (χ0n) is 13.3. The first-order valence-corrected chi connectivity index (χ1v) is 7.83. The lowest BCUT2D eigenvalue weighted by molar-refractivity contribution is 0.0735. The van der Waals surface area contributed by atoms with Gasteiger partial charge in [0.05, 0.1) is 5.56 Å². The fourth-order valence-corrected chi connectivity index (χ4v) is 2.40. The average Bonchev–Trinajstić information content (AvgIpc) is 2.63. The molecule has 0 bridgehead atoms. The van der Waals surface area contributed by atoms with E-state index in [9.17, 15) is 9.18 Å². The lowest BCUT2D eigenvalue weighted by atomic mass is 10.1. The van der Waals surface area contributed by atoms with Crippen LogP contribution in [0.15, 0.2) is 72.8 Å². The number of halogens is 1. The van der Waals surface area contributed by atoms with Gasteiger partial charge in [-0.2, -0.15) is 0 Å². The summed E-state index contributed by atoms with van der Waals surface area (Å²) in [5.41, 5.74) is 3.54. The van der Waals surface area contributed by atoms with Crippen molar-refractivity contribution >= 4 is 5.97 Å². The molecule has 3 aromatic rings. The number of hydrogen-bond donors (Lipinski definition) is 0. The van der Waals surface area contributed by atoms with Gasteiger partial charge in [-0.25, -0.2) is 9.18 Å². The molecular formula is C21H17FO2. The van der Waals surface area contributed by atoms with Crippen LogP contribution in [0.4, 0.5) is 4.39 Å². The SMILES string of the molecule is CCc1ccc(C(=O)Oc2ccc(-c3ccc(F)cc3)cc2)cc1. The molecule has 0 aliphatic heterocycles. The fraction of sp³-hybridized carbons (Fsp3) is 0.0952. The number of aryl methyl sites for hydroxylation is 1. The van der Waals surface area contributed by atoms with Crippen LogP contribution in [0.25, 0.3) is 11.1 Å². The number of hydrogen-bond acceptors (Lipinski definition) is 2. The maximum atomic E-state index is 13.0. The third-order valence-corrected chi connectivity index (χ3v) is 3.84. The van der Waals surface area contributed by atoms with Gasteiger partial charge in [0, 0.05) is 0 Å². The summed E-state index contributed by atoms with van der Waals surface area (Å²) in [6.07, 6.45) is 0.931. The minimum Gasteiger partial charge on any atom is -0.423 e. The summed E-state index contributed by atoms with van der Waals surface area (Å²) >= 11 is 0. The molecule has 0 unspecified atom stereocenters. The molecule has 0 radical (unpaired) electrons. The number of carbonyl (C=O) groups excluding carboxylic acids is 1. The van der Waals surface area contributed by atoms with Gasteiger partial charge >= 0.3 is 5.97 Å². The van der Waals surface area contributed by atoms with Gasteiger partial charge in [-0.3, -0.25) is 0 Å². The summed E-state index contributed by atoms with van der Waals surface area (Å²) in [4.78, 5) is 12.1. The monoisotopic (exact) mass is 320 g/mol. The van der Waals surface area contributed by atoms with Crippen molar-refractivity contribution in [1.29, 1.82) is 0 Å². The van der Waals surface area contributed by atoms with Gasteiger partial charge in [0.1, 0.15) is 11.6 Å². The van der Waals surface area contributed by atoms with Crippen LogP contribution < -0.4 is 4.74 Å². The van der Waals surface area contributed by atoms with Gasteiger partial charge in [0.2, 0.25) is 0 Å². The summed E-state index contributed by atoms with van der Waals surface area (Å²) in [7, 11) is 0. The van der Waals surface area contributed by atoms with E-state index in [4.69, 9.17) is 4.74 Å². The Hall–Kier alpha value is -2.94. The fourth-order valence-electron chi connectivity index (χ4n) is 2.40. The van der Waals surface area contributed by atoms with Crippen molar-refractivity contribution in [2.45, 2.75) is 13.3 Å². The van der Waals surface area contributed by atoms with E-state index in [0.717, 1.165) is 17.5 Å². The van der Waals surface area contributed by atoms with E-state index in [1.165, 1.54) is 17.7 Å². The second kappa shape index (κ2) is 7.09. The van der Waals surface area contributed by atoms with Crippen molar-refractivity contribution in [2.24, 2.45) is 0 Å². The quantitative estimate of drug-likeness (QED) is 0.483. The van der Waals surface area contributed by atoms with Crippen LogP contribution in [0.1, 0.15) is 22.8 Å². The second-order valence-corrected chi connectivity index (χ2v) is 5.47. The van der Waals surface area contributed by atoms with Crippen molar-refractivity contribution in [1.82, 2.24) is 0 Å². The van der Waals surface area contributed by atoms with E-state index in [0.29, 0.717) is 11.3 Å². The Morgan fingerprint density at radius 1 is 0.833 bits per heavy atom. The Morgan fingerprint density at radius 2 is 1.38 bits per heavy atom. The first kappa shape index (κ1) is 15.9. The molecule has 2 nitrogen and oxygen atoms in total. The van der Waals surface area contributed by atoms with Crippen molar-refractivity contribution in [3.05, 3.63) is 89.7 Å². The highest BCUT2D eigenvalue weighted by molar-refractivity contribution is 5.91. The Kier molecular flexibility index (Phi) is 4.71. The molecule has 0 N–H and O–H groups in total. The molecule has 3 heteroatoms. The highest BCUT2D eigenvalue weighted by Crippen LogP contribution is 2.23. The van der Waals surface area contributed by atoms with E-state index in [2.05, 4.69) is 6.92 Å². The normalized spacial score (nSPS) is 10.4. The van der Waals surface area contributed by atoms with E-state index < -0.39 is 0 Å². The predicted octanol–water partition coefficient (Wildman–Crippen LogP) is 5.27. The molecule has 120 valence electrons. The average molecular weight is 320 g/mol. The lowest BCUT2D eigenvalue weighted by Crippen LogP contribution is -2.08. The van der Waals surface area contributed by atoms with Gasteiger partial charge < -0.3 is 4.74 Å². The van der Waals surface area contributed by atoms with E-state index in [-0.39, 0.29) is 11.8 Å². The van der Waals surface area contributed by atoms with Gasteiger partial charge in [0.25, 0.3) is 0 Å². The second-order valence-electron chi connectivity index (χ2n) is 5.47. The zero-order valence-corrected chi connectivity index (χ0v) is 13.3. The topological polar surface area (TPSA) is 26.3 Å². The maximum absolute atomic E-state index is 13.0. The van der Waals surface area contributed by atoms with E-state index in [1.807, 2.05) is 24.3 Å².